The van der Waals surface area contributed by atoms with Crippen molar-refractivity contribution < 1.29 is 13.2 Å². The zero-order chi connectivity index (χ0) is 15.6. The van der Waals surface area contributed by atoms with Gasteiger partial charge >= 0.3 is 6.18 Å². The van der Waals surface area contributed by atoms with Gasteiger partial charge in [0.25, 0.3) is 0 Å². The van der Waals surface area contributed by atoms with Crippen molar-refractivity contribution in [1.82, 2.24) is 10.3 Å². The van der Waals surface area contributed by atoms with Crippen molar-refractivity contribution in [3.8, 4) is 0 Å². The van der Waals surface area contributed by atoms with Crippen LogP contribution < -0.4 is 5.32 Å². The van der Waals surface area contributed by atoms with Crippen LogP contribution in [-0.2, 0) is 19.1 Å². The highest BCUT2D eigenvalue weighted by Gasteiger charge is 2.37. The molecule has 1 aromatic carbocycles. The van der Waals surface area contributed by atoms with Gasteiger partial charge in [-0.2, -0.15) is 13.2 Å². The third-order valence-electron chi connectivity index (χ3n) is 2.70. The van der Waals surface area contributed by atoms with Crippen molar-refractivity contribution in [2.45, 2.75) is 19.1 Å². The number of aromatic nitrogens is 1. The van der Waals surface area contributed by atoms with E-state index in [9.17, 15) is 13.2 Å². The highest BCUT2D eigenvalue weighted by molar-refractivity contribution is 7.11. The molecule has 2 aromatic rings. The van der Waals surface area contributed by atoms with Crippen LogP contribution >= 0.6 is 34.5 Å². The Morgan fingerprint density at radius 1 is 1.29 bits per heavy atom. The van der Waals surface area contributed by atoms with Gasteiger partial charge in [0.15, 0.2) is 5.69 Å². The van der Waals surface area contributed by atoms with Gasteiger partial charge in [0.2, 0.25) is 0 Å². The lowest BCUT2D eigenvalue weighted by molar-refractivity contribution is -0.141. The second-order valence-corrected chi connectivity index (χ2v) is 6.33. The van der Waals surface area contributed by atoms with Gasteiger partial charge in [0.05, 0.1) is 9.88 Å². The van der Waals surface area contributed by atoms with Gasteiger partial charge in [0.1, 0.15) is 0 Å². The van der Waals surface area contributed by atoms with E-state index in [0.29, 0.717) is 20.6 Å². The molecule has 2 nitrogen and oxygen atoms in total. The van der Waals surface area contributed by atoms with Crippen LogP contribution in [0.3, 0.4) is 0 Å². The van der Waals surface area contributed by atoms with Crippen molar-refractivity contribution in [2.75, 3.05) is 7.05 Å². The van der Waals surface area contributed by atoms with Crippen LogP contribution in [0.2, 0.25) is 10.0 Å². The average Bonchev–Trinajstić information content (AvgIpc) is 2.76. The molecule has 114 valence electrons. The molecule has 0 radical (unpaired) electrons. The van der Waals surface area contributed by atoms with E-state index in [1.54, 1.807) is 25.2 Å². The molecule has 1 N–H and O–H groups in total. The first-order valence-corrected chi connectivity index (χ1v) is 7.53. The van der Waals surface area contributed by atoms with Crippen molar-refractivity contribution >= 4 is 34.5 Å². The number of benzene rings is 1. The van der Waals surface area contributed by atoms with E-state index in [4.69, 9.17) is 23.2 Å². The Morgan fingerprint density at radius 2 is 2.00 bits per heavy atom. The lowest BCUT2D eigenvalue weighted by atomic mass is 10.1. The number of rotatable bonds is 4. The van der Waals surface area contributed by atoms with Gasteiger partial charge in [-0.05, 0) is 24.7 Å². The molecule has 0 aliphatic heterocycles. The molecule has 1 heterocycles. The summed E-state index contributed by atoms with van der Waals surface area (Å²) in [7, 11) is 1.59. The monoisotopic (exact) mass is 354 g/mol. The third kappa shape index (κ3) is 4.10. The second kappa shape index (κ2) is 6.52. The summed E-state index contributed by atoms with van der Waals surface area (Å²) in [6, 6.07) is 4.90. The van der Waals surface area contributed by atoms with Crippen LogP contribution in [0, 0.1) is 0 Å². The van der Waals surface area contributed by atoms with Crippen molar-refractivity contribution in [3.63, 3.8) is 0 Å². The maximum Gasteiger partial charge on any atom is 0.434 e. The number of hydrogen-bond donors (Lipinski definition) is 1. The van der Waals surface area contributed by atoms with Crippen LogP contribution in [0.5, 0.6) is 0 Å². The summed E-state index contributed by atoms with van der Waals surface area (Å²) in [4.78, 5) is 3.89. The van der Waals surface area contributed by atoms with E-state index in [-0.39, 0.29) is 17.8 Å². The molecule has 0 unspecified atom stereocenters. The smallest absolute Gasteiger partial charge is 0.315 e. The number of thiazole rings is 1. The topological polar surface area (TPSA) is 24.9 Å². The van der Waals surface area contributed by atoms with Gasteiger partial charge in [-0.1, -0.05) is 29.3 Å². The Labute approximate surface area is 133 Å². The molecule has 0 bridgehead atoms. The number of halogens is 5. The molecule has 0 aliphatic carbocycles. The largest absolute Gasteiger partial charge is 0.434 e. The molecule has 0 fully saturated rings. The fourth-order valence-electron chi connectivity index (χ4n) is 1.81. The molecule has 0 aliphatic rings. The van der Waals surface area contributed by atoms with E-state index in [2.05, 4.69) is 10.3 Å². The summed E-state index contributed by atoms with van der Waals surface area (Å²) in [5, 5.41) is 3.99. The van der Waals surface area contributed by atoms with Crippen molar-refractivity contribution in [3.05, 3.63) is 49.4 Å². The average molecular weight is 355 g/mol. The first kappa shape index (κ1) is 16.5. The number of nitrogens with zero attached hydrogens (tertiary/aromatic N) is 1. The molecular weight excluding hydrogens is 344 g/mol. The van der Waals surface area contributed by atoms with Crippen molar-refractivity contribution in [2.24, 2.45) is 0 Å². The van der Waals surface area contributed by atoms with Crippen molar-refractivity contribution in [1.29, 1.82) is 0 Å². The van der Waals surface area contributed by atoms with Gasteiger partial charge in [-0.15, -0.1) is 11.3 Å². The summed E-state index contributed by atoms with van der Waals surface area (Å²) in [6.07, 6.45) is -4.21. The minimum Gasteiger partial charge on any atom is -0.315 e. The van der Waals surface area contributed by atoms with Crippen LogP contribution in [0.4, 0.5) is 13.2 Å². The van der Waals surface area contributed by atoms with Gasteiger partial charge in [-0.25, -0.2) is 4.98 Å². The summed E-state index contributed by atoms with van der Waals surface area (Å²) in [5.74, 6) is 0. The molecule has 21 heavy (non-hydrogen) atoms. The Kier molecular flexibility index (Phi) is 5.14. The van der Waals surface area contributed by atoms with Crippen LogP contribution in [0.1, 0.15) is 21.1 Å². The quantitative estimate of drug-likeness (QED) is 0.854. The molecule has 2 rings (SSSR count). The number of hydrogen-bond acceptors (Lipinski definition) is 3. The predicted molar refractivity (Wildman–Crippen MR) is 79.1 cm³/mol. The fraction of sp³-hybridized carbons (Fsp3) is 0.308. The first-order valence-electron chi connectivity index (χ1n) is 5.95. The van der Waals surface area contributed by atoms with E-state index >= 15 is 0 Å². The summed E-state index contributed by atoms with van der Waals surface area (Å²) in [6.45, 7) is 0.126. The minimum absolute atomic E-state index is 0.126. The first-order chi connectivity index (χ1) is 9.81. The number of nitrogens with one attached hydrogen (secondary N) is 1. The Hall–Kier alpha value is -0.820. The van der Waals surface area contributed by atoms with Gasteiger partial charge in [0, 0.05) is 23.0 Å². The highest BCUT2D eigenvalue weighted by atomic mass is 35.5. The molecule has 0 amide bonds. The maximum absolute atomic E-state index is 12.9. The minimum atomic E-state index is -4.45. The molecule has 0 saturated carbocycles. The standard InChI is InChI=1S/C13H11Cl2F3N2S/c1-19-6-10-12(13(16,17)18)20-11(21-10)4-7-2-3-8(14)5-9(7)15/h2-3,5,19H,4,6H2,1H3. The van der Waals surface area contributed by atoms with Crippen LogP contribution in [0.25, 0.3) is 0 Å². The highest BCUT2D eigenvalue weighted by Crippen LogP contribution is 2.35. The van der Waals surface area contributed by atoms with Gasteiger partial charge < -0.3 is 5.32 Å². The summed E-state index contributed by atoms with van der Waals surface area (Å²) < 4.78 is 38.8. The Balaban J connectivity index is 2.32. The number of alkyl halides is 3. The molecule has 0 spiro atoms. The molecule has 1 aromatic heterocycles. The van der Waals surface area contributed by atoms with Gasteiger partial charge in [-0.3, -0.25) is 0 Å². The molecular formula is C13H11Cl2F3N2S. The maximum atomic E-state index is 12.9. The SMILES string of the molecule is CNCc1sc(Cc2ccc(Cl)cc2Cl)nc1C(F)(F)F. The molecule has 0 saturated heterocycles. The van der Waals surface area contributed by atoms with Crippen LogP contribution in [-0.4, -0.2) is 12.0 Å². The Morgan fingerprint density at radius 3 is 2.57 bits per heavy atom. The predicted octanol–water partition coefficient (Wildman–Crippen LogP) is 4.78. The normalized spacial score (nSPS) is 11.9. The summed E-state index contributed by atoms with van der Waals surface area (Å²) >= 11 is 12.9. The molecule has 0 atom stereocenters. The summed E-state index contributed by atoms with van der Waals surface area (Å²) in [5.41, 5.74) is -0.138. The van der Waals surface area contributed by atoms with E-state index in [1.165, 1.54) is 0 Å². The zero-order valence-corrected chi connectivity index (χ0v) is 13.2. The third-order valence-corrected chi connectivity index (χ3v) is 4.35. The lowest BCUT2D eigenvalue weighted by Crippen LogP contribution is -2.12. The van der Waals surface area contributed by atoms with E-state index in [1.807, 2.05) is 0 Å². The second-order valence-electron chi connectivity index (χ2n) is 4.32. The van der Waals surface area contributed by atoms with Crippen LogP contribution in [0.15, 0.2) is 18.2 Å². The fourth-order valence-corrected chi connectivity index (χ4v) is 3.40. The lowest BCUT2D eigenvalue weighted by Gasteiger charge is -2.05. The molecule has 8 heteroatoms. The van der Waals surface area contributed by atoms with E-state index < -0.39 is 11.9 Å². The zero-order valence-electron chi connectivity index (χ0n) is 10.9. The van der Waals surface area contributed by atoms with E-state index in [0.717, 1.165) is 11.3 Å². The Bertz CT molecular complexity index is 641.